The standard InChI is InChI=1S/C60H47O3SSi/c1-59(2,61)48-33-34-49(60(3,4)62)57-47-32-30-38(42-24-15-25-44-43-21-12-14-28-52(43)64-58(42)44)36-54(47)65(39-17-7-5-8-18-39,40-19-9-6-10-20-40)53-35-37(29-31-46(53)56(48)57)41-23-16-27-51-55(41)45-22-11-13-26-50(45)63-51/h5-36,61-62,65H,1-4H3/q-1. The zero-order valence-electron chi connectivity index (χ0n) is 36.8. The van der Waals surface area contributed by atoms with Crippen LogP contribution in [0.15, 0.2) is 199 Å². The monoisotopic (exact) mass is 875 g/mol. The average molecular weight is 876 g/mol. The number of hydrogen-bond acceptors (Lipinski definition) is 4. The van der Waals surface area contributed by atoms with Crippen LogP contribution in [0.1, 0.15) is 38.8 Å². The van der Waals surface area contributed by atoms with E-state index in [4.69, 9.17) is 4.42 Å². The summed E-state index contributed by atoms with van der Waals surface area (Å²) >= 11 is 1.85. The van der Waals surface area contributed by atoms with Crippen molar-refractivity contribution in [1.82, 2.24) is 0 Å². The quantitative estimate of drug-likeness (QED) is 0.164. The minimum absolute atomic E-state index is 0.818. The Labute approximate surface area is 383 Å². The first-order chi connectivity index (χ1) is 31.5. The predicted molar refractivity (Wildman–Crippen MR) is 277 cm³/mol. The molecule has 5 heteroatoms. The molecular weight excluding hydrogens is 829 g/mol. The first-order valence-electron chi connectivity index (χ1n) is 22.5. The van der Waals surface area contributed by atoms with E-state index < -0.39 is 19.3 Å². The van der Waals surface area contributed by atoms with Crippen molar-refractivity contribution in [3.8, 4) is 44.5 Å². The molecular formula is C60H47O3SSi-. The summed E-state index contributed by atoms with van der Waals surface area (Å²) < 4.78 is 9.02. The van der Waals surface area contributed by atoms with Crippen molar-refractivity contribution >= 4 is 82.3 Å². The van der Waals surface area contributed by atoms with Crippen LogP contribution in [0.3, 0.4) is 0 Å². The molecule has 316 valence electrons. The summed E-state index contributed by atoms with van der Waals surface area (Å²) in [7, 11) is -3.90. The molecule has 65 heavy (non-hydrogen) atoms. The van der Waals surface area contributed by atoms with E-state index in [0.29, 0.717) is 0 Å². The Balaban J connectivity index is 1.30. The molecule has 1 aliphatic rings. The molecule has 12 rings (SSSR count). The van der Waals surface area contributed by atoms with Gasteiger partial charge < -0.3 is 0 Å². The van der Waals surface area contributed by atoms with Crippen LogP contribution in [0.2, 0.25) is 0 Å². The van der Waals surface area contributed by atoms with Crippen LogP contribution in [-0.4, -0.2) is 18.3 Å². The SMILES string of the molecule is CC(C)(O)c1ccc(C(C)(C)O)c2c1-c1ccc(-c3cccc4c3sc3ccccc34)cc1[SiH-](c1ccccc1)(c1ccccc1)c1cc(-c3cccc4oc5ccccc5c34)ccc1-2. The summed E-state index contributed by atoms with van der Waals surface area (Å²) in [6, 6.07) is 70.7. The van der Waals surface area contributed by atoms with Gasteiger partial charge >= 0.3 is 386 Å². The molecule has 2 N–H and O–H groups in total. The molecule has 11 aromatic rings. The van der Waals surface area contributed by atoms with Crippen LogP contribution in [-0.2, 0) is 11.2 Å². The van der Waals surface area contributed by atoms with Gasteiger partial charge in [0.15, 0.2) is 0 Å². The Bertz CT molecular complexity index is 3640. The summed E-state index contributed by atoms with van der Waals surface area (Å²) in [5, 5.41) is 34.3. The molecule has 0 radical (unpaired) electrons. The second-order valence-electron chi connectivity index (χ2n) is 18.9. The third kappa shape index (κ3) is 6.00. The third-order valence-electron chi connectivity index (χ3n) is 14.1. The number of hydrogen-bond donors (Lipinski definition) is 2. The van der Waals surface area contributed by atoms with Crippen LogP contribution in [0, 0.1) is 0 Å². The van der Waals surface area contributed by atoms with E-state index in [1.807, 2.05) is 63.3 Å². The number of thiophene rings is 1. The summed E-state index contributed by atoms with van der Waals surface area (Å²) in [6.07, 6.45) is 0. The first-order valence-corrected chi connectivity index (χ1v) is 25.6. The molecule has 1 aliphatic heterocycles. The van der Waals surface area contributed by atoms with Crippen molar-refractivity contribution in [2.45, 2.75) is 38.9 Å². The molecule has 0 amide bonds. The van der Waals surface area contributed by atoms with Crippen molar-refractivity contribution in [2.24, 2.45) is 0 Å². The molecule has 2 aromatic heterocycles. The van der Waals surface area contributed by atoms with Crippen molar-refractivity contribution in [3.05, 3.63) is 205 Å². The van der Waals surface area contributed by atoms with E-state index in [1.165, 1.54) is 46.5 Å². The molecule has 3 nitrogen and oxygen atoms in total. The van der Waals surface area contributed by atoms with Gasteiger partial charge in [0, 0.05) is 0 Å². The van der Waals surface area contributed by atoms with E-state index in [0.717, 1.165) is 72.0 Å². The van der Waals surface area contributed by atoms with Crippen LogP contribution in [0.5, 0.6) is 0 Å². The van der Waals surface area contributed by atoms with E-state index in [-0.39, 0.29) is 0 Å². The molecule has 0 spiro atoms. The molecule has 3 heterocycles. The molecule has 0 unspecified atom stereocenters. The Morgan fingerprint density at radius 2 is 0.923 bits per heavy atom. The fourth-order valence-corrected chi connectivity index (χ4v) is 18.6. The van der Waals surface area contributed by atoms with Gasteiger partial charge in [-0.25, -0.2) is 0 Å². The number of benzene rings is 9. The molecule has 0 aliphatic carbocycles. The van der Waals surface area contributed by atoms with Gasteiger partial charge in [0.25, 0.3) is 0 Å². The molecule has 0 atom stereocenters. The maximum atomic E-state index is 12.3. The number of para-hydroxylation sites is 1. The van der Waals surface area contributed by atoms with Crippen LogP contribution in [0.4, 0.5) is 0 Å². The molecule has 0 saturated carbocycles. The van der Waals surface area contributed by atoms with Crippen LogP contribution in [0.25, 0.3) is 86.6 Å². The van der Waals surface area contributed by atoms with Crippen molar-refractivity contribution in [1.29, 1.82) is 0 Å². The van der Waals surface area contributed by atoms with Gasteiger partial charge in [-0.2, -0.15) is 0 Å². The van der Waals surface area contributed by atoms with Gasteiger partial charge in [-0.3, -0.25) is 0 Å². The van der Waals surface area contributed by atoms with Crippen LogP contribution < -0.4 is 20.7 Å². The topological polar surface area (TPSA) is 53.6 Å². The van der Waals surface area contributed by atoms with Crippen molar-refractivity contribution in [2.75, 3.05) is 0 Å². The Hall–Kier alpha value is -6.86. The van der Waals surface area contributed by atoms with Crippen LogP contribution >= 0.6 is 11.3 Å². The van der Waals surface area contributed by atoms with Gasteiger partial charge in [0.1, 0.15) is 0 Å². The second kappa shape index (κ2) is 14.6. The molecule has 0 saturated heterocycles. The Morgan fingerprint density at radius 3 is 1.54 bits per heavy atom. The van der Waals surface area contributed by atoms with E-state index in [9.17, 15) is 10.2 Å². The number of aliphatic hydroxyl groups is 2. The Kier molecular flexibility index (Phi) is 8.91. The molecule has 9 aromatic carbocycles. The van der Waals surface area contributed by atoms with Crippen molar-refractivity contribution in [3.63, 3.8) is 0 Å². The summed E-state index contributed by atoms with van der Waals surface area (Å²) in [5.41, 5.74) is 9.54. The van der Waals surface area contributed by atoms with E-state index >= 15 is 0 Å². The fraction of sp³-hybridized carbons (Fsp3) is 0.100. The minimum atomic E-state index is -3.90. The Morgan fingerprint density at radius 1 is 0.431 bits per heavy atom. The normalized spacial score (nSPS) is 14.0. The van der Waals surface area contributed by atoms with Gasteiger partial charge in [-0.15, -0.1) is 0 Å². The molecule has 0 bridgehead atoms. The van der Waals surface area contributed by atoms with Gasteiger partial charge in [0.05, 0.1) is 0 Å². The summed E-state index contributed by atoms with van der Waals surface area (Å²) in [4.78, 5) is 0. The number of rotatable bonds is 6. The predicted octanol–water partition coefficient (Wildman–Crippen LogP) is 12.5. The van der Waals surface area contributed by atoms with E-state index in [2.05, 4.69) is 170 Å². The maximum absolute atomic E-state index is 12.3. The fourth-order valence-electron chi connectivity index (χ4n) is 11.4. The van der Waals surface area contributed by atoms with E-state index in [1.54, 1.807) is 0 Å². The average Bonchev–Trinajstić information content (AvgIpc) is 3.87. The van der Waals surface area contributed by atoms with Gasteiger partial charge in [0.2, 0.25) is 0 Å². The van der Waals surface area contributed by atoms with Gasteiger partial charge in [-0.1, -0.05) is 0 Å². The molecule has 0 fully saturated rings. The summed E-state index contributed by atoms with van der Waals surface area (Å²) in [6.45, 7) is 7.53. The van der Waals surface area contributed by atoms with Crippen molar-refractivity contribution < 1.29 is 14.6 Å². The first kappa shape index (κ1) is 39.7. The zero-order valence-corrected chi connectivity index (χ0v) is 38.7. The van der Waals surface area contributed by atoms with Gasteiger partial charge in [-0.05, 0) is 0 Å². The number of fused-ring (bicyclic) bond motifs is 11. The summed E-state index contributed by atoms with van der Waals surface area (Å²) in [5.74, 6) is 0. The zero-order chi connectivity index (χ0) is 44.2. The third-order valence-corrected chi connectivity index (χ3v) is 20.9. The second-order valence-corrected chi connectivity index (χ2v) is 24.2. The number of furan rings is 1.